The highest BCUT2D eigenvalue weighted by molar-refractivity contribution is 7.99. The van der Waals surface area contributed by atoms with E-state index in [9.17, 15) is 0 Å². The third-order valence-electron chi connectivity index (χ3n) is 3.56. The quantitative estimate of drug-likeness (QED) is 0.514. The topological polar surface area (TPSA) is 79.7 Å². The number of nitrogens with one attached hydrogen (secondary N) is 2. The molecule has 0 radical (unpaired) electrons. The molecule has 24 heavy (non-hydrogen) atoms. The zero-order chi connectivity index (χ0) is 18.0. The van der Waals surface area contributed by atoms with Crippen molar-refractivity contribution in [2.75, 3.05) is 7.05 Å². The van der Waals surface area contributed by atoms with E-state index in [4.69, 9.17) is 39.3 Å². The van der Waals surface area contributed by atoms with Crippen LogP contribution >= 0.6 is 35.0 Å². The Hall–Kier alpha value is -1.21. The lowest BCUT2D eigenvalue weighted by Gasteiger charge is -2.15. The highest BCUT2D eigenvalue weighted by Gasteiger charge is 2.24. The van der Waals surface area contributed by atoms with Gasteiger partial charge in [0.25, 0.3) is 0 Å². The number of halogens is 2. The molecule has 0 saturated carbocycles. The van der Waals surface area contributed by atoms with Gasteiger partial charge in [0.1, 0.15) is 22.7 Å². The molecule has 1 heterocycles. The van der Waals surface area contributed by atoms with Crippen LogP contribution in [0, 0.1) is 5.41 Å². The standard InChI is InChI=1S/C16H21Cl2N5S/c1-8(2)12-16(24-11-6-9(17)5-10(18)7-11)23(4)15(22-12)13(21-3)14(19)20/h5-8,13,21H,1-4H3,(H3,19,20). The van der Waals surface area contributed by atoms with Crippen LogP contribution in [0.25, 0.3) is 0 Å². The van der Waals surface area contributed by atoms with Crippen molar-refractivity contribution in [2.24, 2.45) is 12.8 Å². The molecule has 130 valence electrons. The summed E-state index contributed by atoms with van der Waals surface area (Å²) in [5, 5.41) is 13.0. The Balaban J connectivity index is 2.52. The van der Waals surface area contributed by atoms with Crippen LogP contribution in [-0.2, 0) is 7.05 Å². The van der Waals surface area contributed by atoms with E-state index in [0.29, 0.717) is 15.9 Å². The van der Waals surface area contributed by atoms with Crippen LogP contribution in [0.5, 0.6) is 0 Å². The molecule has 4 N–H and O–H groups in total. The molecule has 8 heteroatoms. The molecule has 0 spiro atoms. The highest BCUT2D eigenvalue weighted by Crippen LogP contribution is 2.37. The Morgan fingerprint density at radius 2 is 1.88 bits per heavy atom. The molecule has 0 amide bonds. The van der Waals surface area contributed by atoms with Crippen molar-refractivity contribution in [2.45, 2.75) is 35.7 Å². The summed E-state index contributed by atoms with van der Waals surface area (Å²) in [6, 6.07) is 5.02. The van der Waals surface area contributed by atoms with Crippen LogP contribution in [0.3, 0.4) is 0 Å². The molecule has 0 aliphatic heterocycles. The van der Waals surface area contributed by atoms with Crippen molar-refractivity contribution in [1.82, 2.24) is 14.9 Å². The molecule has 1 aromatic heterocycles. The van der Waals surface area contributed by atoms with Gasteiger partial charge in [0.15, 0.2) is 0 Å². The van der Waals surface area contributed by atoms with Gasteiger partial charge in [-0.05, 0) is 31.2 Å². The van der Waals surface area contributed by atoms with Gasteiger partial charge < -0.3 is 15.6 Å². The fourth-order valence-corrected chi connectivity index (χ4v) is 4.27. The van der Waals surface area contributed by atoms with E-state index >= 15 is 0 Å². The van der Waals surface area contributed by atoms with E-state index in [-0.39, 0.29) is 11.8 Å². The molecule has 0 bridgehead atoms. The fraction of sp³-hybridized carbons (Fsp3) is 0.375. The second-order valence-electron chi connectivity index (χ2n) is 5.76. The summed E-state index contributed by atoms with van der Waals surface area (Å²) in [4.78, 5) is 5.67. The van der Waals surface area contributed by atoms with Crippen molar-refractivity contribution in [1.29, 1.82) is 5.41 Å². The van der Waals surface area contributed by atoms with Gasteiger partial charge in [-0.25, -0.2) is 4.98 Å². The molecule has 0 saturated heterocycles. The third kappa shape index (κ3) is 4.06. The minimum atomic E-state index is -0.426. The van der Waals surface area contributed by atoms with Gasteiger partial charge in [0, 0.05) is 22.0 Å². The summed E-state index contributed by atoms with van der Waals surface area (Å²) in [5.74, 6) is 0.971. The predicted octanol–water partition coefficient (Wildman–Crippen LogP) is 4.20. The van der Waals surface area contributed by atoms with E-state index in [0.717, 1.165) is 15.6 Å². The number of nitrogens with two attached hydrogens (primary N) is 1. The van der Waals surface area contributed by atoms with Crippen molar-refractivity contribution >= 4 is 40.8 Å². The van der Waals surface area contributed by atoms with E-state index < -0.39 is 6.04 Å². The van der Waals surface area contributed by atoms with Gasteiger partial charge in [-0.1, -0.05) is 48.8 Å². The Bertz CT molecular complexity index is 737. The maximum atomic E-state index is 7.77. The molecule has 2 aromatic rings. The van der Waals surface area contributed by atoms with E-state index in [1.165, 1.54) is 0 Å². The third-order valence-corrected chi connectivity index (χ3v) is 5.14. The normalized spacial score (nSPS) is 12.6. The molecule has 1 aromatic carbocycles. The first-order chi connectivity index (χ1) is 11.2. The lowest BCUT2D eigenvalue weighted by molar-refractivity contribution is 0.637. The van der Waals surface area contributed by atoms with Crippen LogP contribution in [0.4, 0.5) is 0 Å². The SMILES string of the molecule is CNC(C(=N)N)c1nc(C(C)C)c(Sc2cc(Cl)cc(Cl)c2)n1C. The Kier molecular flexibility index (Phi) is 6.20. The minimum absolute atomic E-state index is 0.0308. The van der Waals surface area contributed by atoms with Gasteiger partial charge in [-0.3, -0.25) is 5.41 Å². The smallest absolute Gasteiger partial charge is 0.134 e. The first kappa shape index (κ1) is 19.1. The van der Waals surface area contributed by atoms with Crippen LogP contribution in [0.1, 0.15) is 37.3 Å². The first-order valence-corrected chi connectivity index (χ1v) is 9.03. The van der Waals surface area contributed by atoms with E-state index in [2.05, 4.69) is 19.2 Å². The Labute approximate surface area is 156 Å². The van der Waals surface area contributed by atoms with Crippen molar-refractivity contribution in [3.8, 4) is 0 Å². The summed E-state index contributed by atoms with van der Waals surface area (Å²) < 4.78 is 1.97. The molecule has 1 unspecified atom stereocenters. The van der Waals surface area contributed by atoms with Crippen molar-refractivity contribution in [3.63, 3.8) is 0 Å². The van der Waals surface area contributed by atoms with Crippen LogP contribution in [0.2, 0.25) is 10.0 Å². The van der Waals surface area contributed by atoms with E-state index in [1.807, 2.05) is 23.7 Å². The zero-order valence-corrected chi connectivity index (χ0v) is 16.4. The molecule has 5 nitrogen and oxygen atoms in total. The Morgan fingerprint density at radius 1 is 1.29 bits per heavy atom. The van der Waals surface area contributed by atoms with Crippen molar-refractivity contribution < 1.29 is 0 Å². The zero-order valence-electron chi connectivity index (χ0n) is 14.0. The second-order valence-corrected chi connectivity index (χ2v) is 7.69. The summed E-state index contributed by atoms with van der Waals surface area (Å²) in [6.45, 7) is 4.17. The number of rotatable bonds is 6. The van der Waals surface area contributed by atoms with Crippen molar-refractivity contribution in [3.05, 3.63) is 39.8 Å². The second kappa shape index (κ2) is 7.78. The number of likely N-dealkylation sites (N-methyl/N-ethyl adjacent to an activating group) is 1. The van der Waals surface area contributed by atoms with E-state index in [1.54, 1.807) is 24.9 Å². The predicted molar refractivity (Wildman–Crippen MR) is 102 cm³/mol. The number of hydrogen-bond acceptors (Lipinski definition) is 4. The fourth-order valence-electron chi connectivity index (χ4n) is 2.40. The monoisotopic (exact) mass is 385 g/mol. The molecule has 0 aliphatic rings. The van der Waals surface area contributed by atoms with Gasteiger partial charge in [0.05, 0.1) is 5.69 Å². The lowest BCUT2D eigenvalue weighted by atomic mass is 10.1. The number of aromatic nitrogens is 2. The first-order valence-electron chi connectivity index (χ1n) is 7.46. The number of nitrogens with zero attached hydrogens (tertiary/aromatic N) is 2. The Morgan fingerprint density at radius 3 is 2.33 bits per heavy atom. The molecule has 2 rings (SSSR count). The number of hydrogen-bond donors (Lipinski definition) is 3. The average Bonchev–Trinajstić information content (AvgIpc) is 2.76. The highest BCUT2D eigenvalue weighted by atomic mass is 35.5. The maximum absolute atomic E-state index is 7.77. The minimum Gasteiger partial charge on any atom is -0.386 e. The lowest BCUT2D eigenvalue weighted by Crippen LogP contribution is -2.32. The maximum Gasteiger partial charge on any atom is 0.134 e. The number of imidazole rings is 1. The van der Waals surface area contributed by atoms with Crippen LogP contribution < -0.4 is 11.1 Å². The average molecular weight is 386 g/mol. The molecular formula is C16H21Cl2N5S. The van der Waals surface area contributed by atoms with Gasteiger partial charge >= 0.3 is 0 Å². The molecular weight excluding hydrogens is 365 g/mol. The summed E-state index contributed by atoms with van der Waals surface area (Å²) in [7, 11) is 3.69. The summed E-state index contributed by atoms with van der Waals surface area (Å²) in [6.07, 6.45) is 0. The van der Waals surface area contributed by atoms with Gasteiger partial charge in [-0.2, -0.15) is 0 Å². The molecule has 0 aliphatic carbocycles. The number of amidine groups is 1. The number of benzene rings is 1. The molecule has 0 fully saturated rings. The largest absolute Gasteiger partial charge is 0.386 e. The van der Waals surface area contributed by atoms with Crippen LogP contribution in [0.15, 0.2) is 28.1 Å². The van der Waals surface area contributed by atoms with Gasteiger partial charge in [0.2, 0.25) is 0 Å². The summed E-state index contributed by atoms with van der Waals surface area (Å²) in [5.41, 5.74) is 6.66. The molecule has 1 atom stereocenters. The van der Waals surface area contributed by atoms with Crippen LogP contribution in [-0.4, -0.2) is 22.4 Å². The van der Waals surface area contributed by atoms with Gasteiger partial charge in [-0.15, -0.1) is 0 Å². The summed E-state index contributed by atoms with van der Waals surface area (Å²) >= 11 is 13.8.